The summed E-state index contributed by atoms with van der Waals surface area (Å²) in [6, 6.07) is 19.7. The molecule has 0 aliphatic heterocycles. The van der Waals surface area contributed by atoms with Gasteiger partial charge in [0.1, 0.15) is 0 Å². The first-order chi connectivity index (χ1) is 12.2. The molecule has 4 heteroatoms. The summed E-state index contributed by atoms with van der Waals surface area (Å²) in [5.41, 5.74) is 1.80. The molecule has 3 aromatic rings. The Labute approximate surface area is 147 Å². The van der Waals surface area contributed by atoms with Crippen molar-refractivity contribution in [2.24, 2.45) is 0 Å². The number of nitrogens with zero attached hydrogens (tertiary/aromatic N) is 1. The van der Waals surface area contributed by atoms with Gasteiger partial charge in [-0.1, -0.05) is 42.5 Å². The predicted octanol–water partition coefficient (Wildman–Crippen LogP) is 3.41. The van der Waals surface area contributed by atoms with Gasteiger partial charge in [0.25, 0.3) is 0 Å². The van der Waals surface area contributed by atoms with Crippen LogP contribution in [0.4, 0.5) is 0 Å². The second-order valence-electron chi connectivity index (χ2n) is 6.10. The molecule has 3 rings (SSSR count). The van der Waals surface area contributed by atoms with E-state index in [1.54, 1.807) is 6.20 Å². The van der Waals surface area contributed by atoms with Gasteiger partial charge in [0.05, 0.1) is 6.10 Å². The zero-order valence-electron chi connectivity index (χ0n) is 14.1. The Hall–Kier alpha value is -2.72. The monoisotopic (exact) mass is 334 g/mol. The maximum atomic E-state index is 11.9. The molecule has 1 amide bonds. The van der Waals surface area contributed by atoms with Crippen LogP contribution in [0.2, 0.25) is 0 Å². The first kappa shape index (κ1) is 17.1. The zero-order valence-corrected chi connectivity index (χ0v) is 14.1. The van der Waals surface area contributed by atoms with Crippen molar-refractivity contribution in [2.45, 2.75) is 25.4 Å². The van der Waals surface area contributed by atoms with E-state index >= 15 is 0 Å². The summed E-state index contributed by atoms with van der Waals surface area (Å²) in [4.78, 5) is 16.2. The Morgan fingerprint density at radius 1 is 1.04 bits per heavy atom. The average molecular weight is 334 g/mol. The number of benzene rings is 2. The topological polar surface area (TPSA) is 62.2 Å². The molecule has 2 N–H and O–H groups in total. The van der Waals surface area contributed by atoms with Crippen LogP contribution in [0.1, 0.15) is 30.2 Å². The van der Waals surface area contributed by atoms with Gasteiger partial charge < -0.3 is 10.4 Å². The van der Waals surface area contributed by atoms with Crippen LogP contribution >= 0.6 is 0 Å². The number of aliphatic hydroxyl groups excluding tert-OH is 1. The van der Waals surface area contributed by atoms with Crippen molar-refractivity contribution in [3.8, 4) is 0 Å². The highest BCUT2D eigenvalue weighted by molar-refractivity contribution is 5.83. The molecule has 128 valence electrons. The third-order valence-electron chi connectivity index (χ3n) is 4.21. The third kappa shape index (κ3) is 4.88. The molecule has 4 nitrogen and oxygen atoms in total. The predicted molar refractivity (Wildman–Crippen MR) is 99.1 cm³/mol. The van der Waals surface area contributed by atoms with E-state index in [1.807, 2.05) is 60.7 Å². The van der Waals surface area contributed by atoms with E-state index in [2.05, 4.69) is 10.3 Å². The normalized spacial score (nSPS) is 12.0. The standard InChI is InChI=1S/C21H22N2O2/c24-20(18-12-11-16-6-1-2-7-17(16)14-18)15-23-21(25)10-5-9-19-8-3-4-13-22-19/h1-4,6-8,11-14,20,24H,5,9-10,15H2,(H,23,25). The number of nitrogens with one attached hydrogen (secondary N) is 1. The van der Waals surface area contributed by atoms with Crippen LogP contribution in [0.5, 0.6) is 0 Å². The lowest BCUT2D eigenvalue weighted by atomic mass is 10.0. The Kier molecular flexibility index (Phi) is 5.75. The fourth-order valence-corrected chi connectivity index (χ4v) is 2.81. The number of hydrogen-bond donors (Lipinski definition) is 2. The molecule has 0 bridgehead atoms. The summed E-state index contributed by atoms with van der Waals surface area (Å²) in [6.45, 7) is 0.223. The molecule has 0 saturated carbocycles. The molecule has 0 spiro atoms. The van der Waals surface area contributed by atoms with Crippen LogP contribution in [0, 0.1) is 0 Å². The van der Waals surface area contributed by atoms with Crippen LogP contribution < -0.4 is 5.32 Å². The number of carbonyl (C=O) groups is 1. The second-order valence-corrected chi connectivity index (χ2v) is 6.10. The van der Waals surface area contributed by atoms with Crippen LogP contribution in [0.25, 0.3) is 10.8 Å². The smallest absolute Gasteiger partial charge is 0.220 e. The average Bonchev–Trinajstić information content (AvgIpc) is 2.66. The summed E-state index contributed by atoms with van der Waals surface area (Å²) in [6.07, 6.45) is 3.01. The Bertz CT molecular complexity index is 833. The number of hydrogen-bond acceptors (Lipinski definition) is 3. The number of amides is 1. The summed E-state index contributed by atoms with van der Waals surface area (Å²) in [5, 5.41) is 15.3. The molecular weight excluding hydrogens is 312 g/mol. The molecule has 0 fully saturated rings. The van der Waals surface area contributed by atoms with Gasteiger partial charge in [0.2, 0.25) is 5.91 Å². The van der Waals surface area contributed by atoms with E-state index in [0.29, 0.717) is 6.42 Å². The number of fused-ring (bicyclic) bond motifs is 1. The van der Waals surface area contributed by atoms with Gasteiger partial charge in [0.15, 0.2) is 0 Å². The molecule has 0 aliphatic carbocycles. The maximum absolute atomic E-state index is 11.9. The number of rotatable bonds is 7. The van der Waals surface area contributed by atoms with Gasteiger partial charge in [-0.3, -0.25) is 9.78 Å². The Morgan fingerprint density at radius 2 is 1.84 bits per heavy atom. The van der Waals surface area contributed by atoms with Gasteiger partial charge in [-0.05, 0) is 47.4 Å². The highest BCUT2D eigenvalue weighted by Crippen LogP contribution is 2.20. The molecule has 1 heterocycles. The highest BCUT2D eigenvalue weighted by atomic mass is 16.3. The molecular formula is C21H22N2O2. The minimum absolute atomic E-state index is 0.0456. The summed E-state index contributed by atoms with van der Waals surface area (Å²) >= 11 is 0. The first-order valence-corrected chi connectivity index (χ1v) is 8.56. The van der Waals surface area contributed by atoms with Gasteiger partial charge in [-0.2, -0.15) is 0 Å². The number of pyridine rings is 1. The number of aliphatic hydroxyl groups is 1. The SMILES string of the molecule is O=C(CCCc1ccccn1)NCC(O)c1ccc2ccccc2c1. The molecule has 0 radical (unpaired) electrons. The fourth-order valence-electron chi connectivity index (χ4n) is 2.81. The molecule has 0 aliphatic rings. The Balaban J connectivity index is 1.46. The van der Waals surface area contributed by atoms with Gasteiger partial charge in [-0.15, -0.1) is 0 Å². The summed E-state index contributed by atoms with van der Waals surface area (Å²) < 4.78 is 0. The van der Waals surface area contributed by atoms with Gasteiger partial charge in [0, 0.05) is 24.9 Å². The van der Waals surface area contributed by atoms with Gasteiger partial charge in [-0.25, -0.2) is 0 Å². The molecule has 0 saturated heterocycles. The summed E-state index contributed by atoms with van der Waals surface area (Å²) in [7, 11) is 0. The molecule has 1 atom stereocenters. The highest BCUT2D eigenvalue weighted by Gasteiger charge is 2.10. The van der Waals surface area contributed by atoms with E-state index in [0.717, 1.165) is 34.9 Å². The van der Waals surface area contributed by atoms with Crippen molar-refractivity contribution in [3.63, 3.8) is 0 Å². The van der Waals surface area contributed by atoms with E-state index < -0.39 is 6.10 Å². The van der Waals surface area contributed by atoms with Crippen LogP contribution in [-0.2, 0) is 11.2 Å². The molecule has 2 aromatic carbocycles. The van der Waals surface area contributed by atoms with E-state index in [9.17, 15) is 9.90 Å². The maximum Gasteiger partial charge on any atom is 0.220 e. The summed E-state index contributed by atoms with van der Waals surface area (Å²) in [5.74, 6) is -0.0456. The van der Waals surface area contributed by atoms with Gasteiger partial charge >= 0.3 is 0 Å². The largest absolute Gasteiger partial charge is 0.387 e. The van der Waals surface area contributed by atoms with Crippen molar-refractivity contribution < 1.29 is 9.90 Å². The Morgan fingerprint density at radius 3 is 2.64 bits per heavy atom. The van der Waals surface area contributed by atoms with Crippen molar-refractivity contribution in [1.82, 2.24) is 10.3 Å². The van der Waals surface area contributed by atoms with Crippen LogP contribution in [0.15, 0.2) is 66.9 Å². The van der Waals surface area contributed by atoms with Crippen LogP contribution in [-0.4, -0.2) is 22.5 Å². The minimum Gasteiger partial charge on any atom is -0.387 e. The molecule has 25 heavy (non-hydrogen) atoms. The number of aromatic nitrogens is 1. The van der Waals surface area contributed by atoms with Crippen molar-refractivity contribution in [3.05, 3.63) is 78.1 Å². The lowest BCUT2D eigenvalue weighted by molar-refractivity contribution is -0.121. The van der Waals surface area contributed by atoms with Crippen LogP contribution in [0.3, 0.4) is 0 Å². The van der Waals surface area contributed by atoms with Crippen molar-refractivity contribution >= 4 is 16.7 Å². The van der Waals surface area contributed by atoms with E-state index in [1.165, 1.54) is 0 Å². The van der Waals surface area contributed by atoms with Crippen molar-refractivity contribution in [1.29, 1.82) is 0 Å². The minimum atomic E-state index is -0.704. The van der Waals surface area contributed by atoms with Crippen molar-refractivity contribution in [2.75, 3.05) is 6.54 Å². The lowest BCUT2D eigenvalue weighted by Crippen LogP contribution is -2.28. The molecule has 1 aromatic heterocycles. The fraction of sp³-hybridized carbons (Fsp3) is 0.238. The van der Waals surface area contributed by atoms with E-state index in [4.69, 9.17) is 0 Å². The quantitative estimate of drug-likeness (QED) is 0.696. The third-order valence-corrected chi connectivity index (χ3v) is 4.21. The second kappa shape index (κ2) is 8.40. The zero-order chi connectivity index (χ0) is 17.5. The first-order valence-electron chi connectivity index (χ1n) is 8.56. The number of aryl methyl sites for hydroxylation is 1. The number of carbonyl (C=O) groups excluding carboxylic acids is 1. The molecule has 1 unspecified atom stereocenters. The van der Waals surface area contributed by atoms with E-state index in [-0.39, 0.29) is 12.5 Å². The lowest BCUT2D eigenvalue weighted by Gasteiger charge is -2.13.